The normalized spacial score (nSPS) is 17.3. The van der Waals surface area contributed by atoms with Gasteiger partial charge >= 0.3 is 0 Å². The Labute approximate surface area is 199 Å². The molecule has 0 radical (unpaired) electrons. The van der Waals surface area contributed by atoms with Crippen LogP contribution in [0.15, 0.2) is 97.1 Å². The molecule has 0 aromatic heterocycles. The molecule has 0 unspecified atom stereocenters. The average molecular weight is 466 g/mol. The Hall–Kier alpha value is -2.85. The molecule has 0 saturated carbocycles. The molecule has 0 fully saturated rings. The molecule has 4 aromatic rings. The second-order valence-electron chi connectivity index (χ2n) is 8.70. The summed E-state index contributed by atoms with van der Waals surface area (Å²) >= 11 is 0. The van der Waals surface area contributed by atoms with Crippen molar-refractivity contribution in [3.63, 3.8) is 0 Å². The number of hydrogen-bond acceptors (Lipinski definition) is 1. The van der Waals surface area contributed by atoms with Gasteiger partial charge in [0, 0.05) is 17.8 Å². The molecule has 0 amide bonds. The standard InChI is InChI=1S/C17H18P2.C13H11N/c1-18-11-12-19(2)13-14-7-3-4-8-15(14)16-9-5-6-10-17(16)19;1-2-6-11-10(5-1)9-14-13-8-4-3-7-12(11)13/h3-10H,1-2,11-13H2;1-8,14H,9H2/t19-;/m0./s1. The van der Waals surface area contributed by atoms with Crippen LogP contribution < -0.4 is 10.6 Å². The van der Waals surface area contributed by atoms with Gasteiger partial charge in [0.25, 0.3) is 0 Å². The zero-order chi connectivity index (χ0) is 22.7. The van der Waals surface area contributed by atoms with Crippen molar-refractivity contribution in [2.75, 3.05) is 17.6 Å². The first-order chi connectivity index (χ1) is 16.2. The molecule has 1 atom stereocenters. The van der Waals surface area contributed by atoms with Gasteiger partial charge in [0.15, 0.2) is 0 Å². The van der Waals surface area contributed by atoms with Crippen molar-refractivity contribution in [3.05, 3.63) is 108 Å². The molecule has 2 aliphatic heterocycles. The third kappa shape index (κ3) is 4.37. The fraction of sp³-hybridized carbons (Fsp3) is 0.133. The highest BCUT2D eigenvalue weighted by molar-refractivity contribution is 7.80. The van der Waals surface area contributed by atoms with E-state index in [-0.39, 0.29) is 0 Å². The van der Waals surface area contributed by atoms with Crippen molar-refractivity contribution in [1.29, 1.82) is 0 Å². The lowest BCUT2D eigenvalue weighted by molar-refractivity contribution is 1.13. The summed E-state index contributed by atoms with van der Waals surface area (Å²) in [6.45, 7) is -0.362. The van der Waals surface area contributed by atoms with E-state index in [1.165, 1.54) is 58.7 Å². The Morgan fingerprint density at radius 2 is 1.27 bits per heavy atom. The van der Waals surface area contributed by atoms with Gasteiger partial charge in [0.2, 0.25) is 0 Å². The van der Waals surface area contributed by atoms with Crippen LogP contribution in [0, 0.1) is 0 Å². The van der Waals surface area contributed by atoms with Gasteiger partial charge in [-0.1, -0.05) is 110 Å². The molecular weight excluding hydrogens is 436 g/mol. The van der Waals surface area contributed by atoms with Gasteiger partial charge in [-0.05, 0) is 57.7 Å². The Morgan fingerprint density at radius 3 is 2.03 bits per heavy atom. The van der Waals surface area contributed by atoms with Crippen molar-refractivity contribution in [2.45, 2.75) is 12.7 Å². The van der Waals surface area contributed by atoms with Crippen LogP contribution in [0.3, 0.4) is 0 Å². The van der Waals surface area contributed by atoms with E-state index in [0.29, 0.717) is 0 Å². The number of nitrogens with one attached hydrogen (secondary N) is 1. The lowest BCUT2D eigenvalue weighted by Gasteiger charge is -2.33. The molecule has 2 heterocycles. The quantitative estimate of drug-likeness (QED) is 0.307. The van der Waals surface area contributed by atoms with Crippen LogP contribution in [-0.4, -0.2) is 24.9 Å². The van der Waals surface area contributed by atoms with Crippen molar-refractivity contribution in [2.24, 2.45) is 0 Å². The van der Waals surface area contributed by atoms with Crippen molar-refractivity contribution in [1.82, 2.24) is 0 Å². The minimum Gasteiger partial charge on any atom is -0.380 e. The van der Waals surface area contributed by atoms with Crippen molar-refractivity contribution in [3.8, 4) is 22.3 Å². The highest BCUT2D eigenvalue weighted by Gasteiger charge is 2.27. The number of anilines is 1. The smallest absolute Gasteiger partial charge is 0.0422 e. The molecule has 2 aliphatic rings. The third-order valence-corrected chi connectivity index (χ3v) is 10.9. The number of hydrogen-bond donors (Lipinski definition) is 1. The zero-order valence-corrected chi connectivity index (χ0v) is 20.7. The number of para-hydroxylation sites is 1. The summed E-state index contributed by atoms with van der Waals surface area (Å²) in [5, 5.41) is 4.93. The molecule has 0 spiro atoms. The largest absolute Gasteiger partial charge is 0.380 e. The van der Waals surface area contributed by atoms with Crippen molar-refractivity contribution >= 4 is 38.7 Å². The van der Waals surface area contributed by atoms with Crippen LogP contribution in [0.2, 0.25) is 0 Å². The molecule has 164 valence electrons. The van der Waals surface area contributed by atoms with E-state index in [2.05, 4.69) is 115 Å². The van der Waals surface area contributed by atoms with Crippen LogP contribution in [0.4, 0.5) is 5.69 Å². The predicted octanol–water partition coefficient (Wildman–Crippen LogP) is 7.60. The highest BCUT2D eigenvalue weighted by atomic mass is 31.2. The molecule has 33 heavy (non-hydrogen) atoms. The van der Waals surface area contributed by atoms with E-state index in [0.717, 1.165) is 18.9 Å². The summed E-state index contributed by atoms with van der Waals surface area (Å²) in [6.07, 6.45) is 12.2. The summed E-state index contributed by atoms with van der Waals surface area (Å²) in [5.74, 6) is 0. The molecule has 0 aliphatic carbocycles. The van der Waals surface area contributed by atoms with Crippen LogP contribution in [0.1, 0.15) is 11.1 Å². The van der Waals surface area contributed by atoms with Gasteiger partial charge in [0.05, 0.1) is 0 Å². The van der Waals surface area contributed by atoms with Gasteiger partial charge in [-0.2, -0.15) is 0 Å². The minimum atomic E-state index is -1.30. The van der Waals surface area contributed by atoms with E-state index in [1.807, 2.05) is 0 Å². The van der Waals surface area contributed by atoms with Gasteiger partial charge in [0.1, 0.15) is 0 Å². The minimum absolute atomic E-state index is 0.938. The Kier molecular flexibility index (Phi) is 6.37. The second kappa shape index (κ2) is 9.56. The van der Waals surface area contributed by atoms with Gasteiger partial charge in [-0.25, -0.2) is 0 Å². The topological polar surface area (TPSA) is 12.0 Å². The maximum absolute atomic E-state index is 4.69. The van der Waals surface area contributed by atoms with Crippen LogP contribution >= 0.6 is 15.1 Å². The average Bonchev–Trinajstić information content (AvgIpc) is 2.88. The molecule has 4 aromatic carbocycles. The summed E-state index contributed by atoms with van der Waals surface area (Å²) in [5.41, 5.74) is 9.59. The number of benzene rings is 4. The molecule has 6 rings (SSSR count). The lowest BCUT2D eigenvalue weighted by Crippen LogP contribution is -2.18. The lowest BCUT2D eigenvalue weighted by atomic mass is 9.95. The van der Waals surface area contributed by atoms with E-state index >= 15 is 0 Å². The van der Waals surface area contributed by atoms with Crippen LogP contribution in [0.25, 0.3) is 22.3 Å². The Morgan fingerprint density at radius 1 is 0.697 bits per heavy atom. The number of fused-ring (bicyclic) bond motifs is 6. The SMILES string of the molecule is C=PCC[P@@]1(=C)Cc2ccccc2-c2ccccc21.c1ccc2c(c1)CNc1ccccc1-2. The second-order valence-corrected chi connectivity index (χ2v) is 13.1. The van der Waals surface area contributed by atoms with Crippen LogP contribution in [0.5, 0.6) is 0 Å². The zero-order valence-electron chi connectivity index (χ0n) is 18.9. The highest BCUT2D eigenvalue weighted by Crippen LogP contribution is 2.54. The van der Waals surface area contributed by atoms with Crippen molar-refractivity contribution < 1.29 is 0 Å². The Balaban J connectivity index is 0.000000144. The van der Waals surface area contributed by atoms with Crippen LogP contribution in [-0.2, 0) is 12.7 Å². The molecule has 0 bridgehead atoms. The first-order valence-electron chi connectivity index (χ1n) is 11.4. The fourth-order valence-corrected chi connectivity index (χ4v) is 9.61. The predicted molar refractivity (Wildman–Crippen MR) is 152 cm³/mol. The van der Waals surface area contributed by atoms with Gasteiger partial charge < -0.3 is 5.32 Å². The van der Waals surface area contributed by atoms with Gasteiger partial charge in [-0.15, -0.1) is 8.20 Å². The maximum Gasteiger partial charge on any atom is 0.0422 e. The summed E-state index contributed by atoms with van der Waals surface area (Å²) in [4.78, 5) is 0. The first kappa shape index (κ1) is 22.0. The van der Waals surface area contributed by atoms with E-state index in [1.54, 1.807) is 0 Å². The van der Waals surface area contributed by atoms with E-state index < -0.39 is 6.89 Å². The van der Waals surface area contributed by atoms with E-state index in [4.69, 9.17) is 0 Å². The first-order valence-corrected chi connectivity index (χ1v) is 15.0. The maximum atomic E-state index is 4.69. The molecule has 1 nitrogen and oxygen atoms in total. The number of rotatable bonds is 3. The fourth-order valence-electron chi connectivity index (χ4n) is 4.91. The third-order valence-electron chi connectivity index (χ3n) is 6.59. The monoisotopic (exact) mass is 465 g/mol. The van der Waals surface area contributed by atoms with E-state index in [9.17, 15) is 0 Å². The summed E-state index contributed by atoms with van der Waals surface area (Å²) < 4.78 is 0. The molecule has 0 saturated heterocycles. The van der Waals surface area contributed by atoms with Gasteiger partial charge in [-0.3, -0.25) is 0 Å². The molecule has 3 heteroatoms. The molecule has 1 N–H and O–H groups in total. The summed E-state index contributed by atoms with van der Waals surface area (Å²) in [6, 6.07) is 34.7. The Bertz CT molecular complexity index is 1310. The molecular formula is C30H29NP2. The summed E-state index contributed by atoms with van der Waals surface area (Å²) in [7, 11) is 1.24.